The SMILES string of the molecule is CS(=O)CC=Cc1ccc(-c2nc(S(C)=O)nc3sc(C(=O)NC(C)(C)C)c(N)c23)cc1. The van der Waals surface area contributed by atoms with E-state index in [0.717, 1.165) is 11.1 Å². The van der Waals surface area contributed by atoms with E-state index in [9.17, 15) is 13.2 Å². The lowest BCUT2D eigenvalue weighted by Crippen LogP contribution is -2.40. The number of carbonyl (C=O) groups excluding carboxylic acids is 1. The monoisotopic (exact) mass is 490 g/mol. The number of nitrogens with zero attached hydrogens (tertiary/aromatic N) is 2. The molecule has 0 aliphatic heterocycles. The number of thiophene rings is 1. The molecule has 10 heteroatoms. The third-order valence-electron chi connectivity index (χ3n) is 4.35. The second-order valence-electron chi connectivity index (χ2n) is 8.30. The van der Waals surface area contributed by atoms with Crippen LogP contribution in [0.2, 0.25) is 0 Å². The number of nitrogen functional groups attached to an aromatic ring is 1. The van der Waals surface area contributed by atoms with E-state index < -0.39 is 27.1 Å². The predicted molar refractivity (Wildman–Crippen MR) is 135 cm³/mol. The Kier molecular flexibility index (Phi) is 7.26. The molecule has 2 aromatic heterocycles. The van der Waals surface area contributed by atoms with E-state index in [2.05, 4.69) is 15.3 Å². The van der Waals surface area contributed by atoms with Crippen LogP contribution in [0.5, 0.6) is 0 Å². The molecule has 3 rings (SSSR count). The lowest BCUT2D eigenvalue weighted by Gasteiger charge is -2.20. The van der Waals surface area contributed by atoms with Crippen molar-refractivity contribution in [3.63, 3.8) is 0 Å². The van der Waals surface area contributed by atoms with E-state index >= 15 is 0 Å². The highest BCUT2D eigenvalue weighted by molar-refractivity contribution is 7.84. The average Bonchev–Trinajstić information content (AvgIpc) is 3.03. The van der Waals surface area contributed by atoms with Crippen molar-refractivity contribution in [2.24, 2.45) is 0 Å². The number of carbonyl (C=O) groups is 1. The fraction of sp³-hybridized carbons (Fsp3) is 0.318. The van der Waals surface area contributed by atoms with Gasteiger partial charge in [0.25, 0.3) is 5.91 Å². The molecule has 2 unspecified atom stereocenters. The number of nitrogens with two attached hydrogens (primary N) is 1. The second kappa shape index (κ2) is 9.60. The molecule has 2 heterocycles. The lowest BCUT2D eigenvalue weighted by atomic mass is 10.1. The fourth-order valence-electron chi connectivity index (χ4n) is 2.98. The molecule has 0 aliphatic rings. The van der Waals surface area contributed by atoms with E-state index in [4.69, 9.17) is 5.73 Å². The van der Waals surface area contributed by atoms with E-state index in [1.807, 2.05) is 57.2 Å². The first-order valence-corrected chi connectivity index (χ1v) is 13.9. The second-order valence-corrected chi connectivity index (χ2v) is 12.1. The first kappa shape index (κ1) is 24.2. The summed E-state index contributed by atoms with van der Waals surface area (Å²) >= 11 is 1.17. The van der Waals surface area contributed by atoms with E-state index in [0.29, 0.717) is 32.2 Å². The number of hydrogen-bond donors (Lipinski definition) is 2. The van der Waals surface area contributed by atoms with E-state index in [1.54, 1.807) is 6.26 Å². The summed E-state index contributed by atoms with van der Waals surface area (Å²) < 4.78 is 23.4. The molecule has 7 nitrogen and oxygen atoms in total. The summed E-state index contributed by atoms with van der Waals surface area (Å²) in [4.78, 5) is 22.6. The van der Waals surface area contributed by atoms with Gasteiger partial charge in [-0.3, -0.25) is 13.2 Å². The standard InChI is InChI=1S/C22H26N4O3S3/c1-22(2,3)26-19(27)18-16(23)15-17(24-21(32(5)29)25-20(15)30-18)14-10-8-13(9-11-14)7-6-12-31(4)28/h6-11H,12,23H2,1-5H3,(H,26,27). The zero-order valence-corrected chi connectivity index (χ0v) is 21.0. The van der Waals surface area contributed by atoms with Crippen molar-refractivity contribution in [3.8, 4) is 11.3 Å². The molecule has 2 atom stereocenters. The van der Waals surface area contributed by atoms with Crippen LogP contribution in [0.25, 0.3) is 27.6 Å². The van der Waals surface area contributed by atoms with Crippen LogP contribution in [0.3, 0.4) is 0 Å². The largest absolute Gasteiger partial charge is 0.397 e. The van der Waals surface area contributed by atoms with Gasteiger partial charge in [0.2, 0.25) is 5.16 Å². The molecule has 0 fully saturated rings. The van der Waals surface area contributed by atoms with Crippen molar-refractivity contribution in [2.75, 3.05) is 24.0 Å². The number of nitrogens with one attached hydrogen (secondary N) is 1. The van der Waals surface area contributed by atoms with Crippen molar-refractivity contribution in [1.82, 2.24) is 15.3 Å². The topological polar surface area (TPSA) is 115 Å². The summed E-state index contributed by atoms with van der Waals surface area (Å²) in [7, 11) is -2.29. The molecule has 3 aromatic rings. The number of amides is 1. The van der Waals surface area contributed by atoms with Crippen molar-refractivity contribution in [1.29, 1.82) is 0 Å². The molecular weight excluding hydrogens is 464 g/mol. The minimum Gasteiger partial charge on any atom is -0.397 e. The number of benzene rings is 1. The van der Waals surface area contributed by atoms with Crippen molar-refractivity contribution < 1.29 is 13.2 Å². The number of fused-ring (bicyclic) bond motifs is 1. The van der Waals surface area contributed by atoms with Gasteiger partial charge in [-0.1, -0.05) is 36.4 Å². The van der Waals surface area contributed by atoms with Gasteiger partial charge in [0, 0.05) is 40.2 Å². The van der Waals surface area contributed by atoms with Gasteiger partial charge in [0.15, 0.2) is 0 Å². The Labute approximate surface area is 196 Å². The Balaban J connectivity index is 2.11. The number of rotatable bonds is 6. The molecule has 0 saturated carbocycles. The van der Waals surface area contributed by atoms with Gasteiger partial charge >= 0.3 is 0 Å². The Hall–Kier alpha value is -2.43. The fourth-order valence-corrected chi connectivity index (χ4v) is 4.83. The molecule has 32 heavy (non-hydrogen) atoms. The molecule has 0 spiro atoms. The third kappa shape index (κ3) is 5.67. The summed E-state index contributed by atoms with van der Waals surface area (Å²) in [5.41, 5.74) is 8.55. The highest BCUT2D eigenvalue weighted by Gasteiger charge is 2.25. The van der Waals surface area contributed by atoms with Crippen molar-refractivity contribution in [2.45, 2.75) is 31.5 Å². The van der Waals surface area contributed by atoms with Gasteiger partial charge in [-0.2, -0.15) is 0 Å². The van der Waals surface area contributed by atoms with Gasteiger partial charge < -0.3 is 11.1 Å². The highest BCUT2D eigenvalue weighted by atomic mass is 32.2. The molecule has 0 aliphatic carbocycles. The molecule has 0 saturated heterocycles. The summed E-state index contributed by atoms with van der Waals surface area (Å²) in [6, 6.07) is 7.60. The van der Waals surface area contributed by atoms with Gasteiger partial charge in [-0.25, -0.2) is 9.97 Å². The minimum atomic E-state index is -1.40. The minimum absolute atomic E-state index is 0.186. The molecule has 1 amide bonds. The molecule has 0 radical (unpaired) electrons. The van der Waals surface area contributed by atoms with Crippen LogP contribution < -0.4 is 11.1 Å². The van der Waals surface area contributed by atoms with Crippen molar-refractivity contribution >= 4 is 60.8 Å². The summed E-state index contributed by atoms with van der Waals surface area (Å²) in [6.45, 7) is 5.68. The number of hydrogen-bond acceptors (Lipinski definition) is 7. The van der Waals surface area contributed by atoms with Gasteiger partial charge in [-0.05, 0) is 26.3 Å². The summed E-state index contributed by atoms with van der Waals surface area (Å²) in [6.07, 6.45) is 6.94. The Morgan fingerprint density at radius 2 is 1.81 bits per heavy atom. The van der Waals surface area contributed by atoms with Gasteiger partial charge in [-0.15, -0.1) is 11.3 Å². The molecule has 3 N–H and O–H groups in total. The highest BCUT2D eigenvalue weighted by Crippen LogP contribution is 2.39. The molecule has 170 valence electrons. The zero-order valence-electron chi connectivity index (χ0n) is 18.6. The Morgan fingerprint density at radius 3 is 2.38 bits per heavy atom. The van der Waals surface area contributed by atoms with Crippen LogP contribution in [-0.4, -0.2) is 48.1 Å². The maximum atomic E-state index is 12.8. The number of aromatic nitrogens is 2. The zero-order chi connectivity index (χ0) is 23.6. The Bertz CT molecular complexity index is 1240. The van der Waals surface area contributed by atoms with Crippen molar-refractivity contribution in [3.05, 3.63) is 40.8 Å². The van der Waals surface area contributed by atoms with Crippen LogP contribution in [0, 0.1) is 0 Å². The quantitative estimate of drug-likeness (QED) is 0.510. The summed E-state index contributed by atoms with van der Waals surface area (Å²) in [5.74, 6) is 0.210. The smallest absolute Gasteiger partial charge is 0.263 e. The lowest BCUT2D eigenvalue weighted by molar-refractivity contribution is 0.0924. The first-order valence-electron chi connectivity index (χ1n) is 9.79. The van der Waals surface area contributed by atoms with Gasteiger partial charge in [0.1, 0.15) is 9.71 Å². The van der Waals surface area contributed by atoms with Crippen LogP contribution in [0.1, 0.15) is 36.0 Å². The van der Waals surface area contributed by atoms with Gasteiger partial charge in [0.05, 0.1) is 27.6 Å². The normalized spacial score (nSPS) is 14.0. The molecule has 1 aromatic carbocycles. The van der Waals surface area contributed by atoms with E-state index in [1.165, 1.54) is 17.6 Å². The van der Waals surface area contributed by atoms with Crippen LogP contribution in [0.15, 0.2) is 35.5 Å². The molecular formula is C22H26N4O3S3. The first-order chi connectivity index (χ1) is 15.0. The molecule has 0 bridgehead atoms. The average molecular weight is 491 g/mol. The van der Waals surface area contributed by atoms with Crippen LogP contribution >= 0.6 is 11.3 Å². The van der Waals surface area contributed by atoms with Crippen LogP contribution in [-0.2, 0) is 21.6 Å². The Morgan fingerprint density at radius 1 is 1.16 bits per heavy atom. The van der Waals surface area contributed by atoms with Crippen LogP contribution in [0.4, 0.5) is 5.69 Å². The maximum Gasteiger partial charge on any atom is 0.263 e. The summed E-state index contributed by atoms with van der Waals surface area (Å²) in [5, 5.41) is 3.69. The maximum absolute atomic E-state index is 12.8. The van der Waals surface area contributed by atoms with E-state index in [-0.39, 0.29) is 11.1 Å². The third-order valence-corrected chi connectivity index (χ3v) is 6.80. The predicted octanol–water partition coefficient (Wildman–Crippen LogP) is 3.60. The number of anilines is 1.